The predicted octanol–water partition coefficient (Wildman–Crippen LogP) is 3.30. The molecule has 1 fully saturated rings. The van der Waals surface area contributed by atoms with Crippen LogP contribution in [0.3, 0.4) is 0 Å². The molecule has 1 aromatic carbocycles. The van der Waals surface area contributed by atoms with Crippen LogP contribution < -0.4 is 15.8 Å². The summed E-state index contributed by atoms with van der Waals surface area (Å²) >= 11 is 0. The van der Waals surface area contributed by atoms with Gasteiger partial charge in [-0.3, -0.25) is 4.57 Å². The van der Waals surface area contributed by atoms with Crippen LogP contribution in [0.4, 0.5) is 5.69 Å². The molecule has 1 aliphatic carbocycles. The van der Waals surface area contributed by atoms with Gasteiger partial charge in [-0.15, -0.1) is 0 Å². The third-order valence-electron chi connectivity index (χ3n) is 5.51. The van der Waals surface area contributed by atoms with Crippen molar-refractivity contribution in [3.63, 3.8) is 0 Å². The van der Waals surface area contributed by atoms with Crippen LogP contribution >= 0.6 is 0 Å². The Balaban J connectivity index is 1.53. The van der Waals surface area contributed by atoms with Crippen LogP contribution in [0.25, 0.3) is 11.1 Å². The molecule has 1 heterocycles. The van der Waals surface area contributed by atoms with Gasteiger partial charge < -0.3 is 9.73 Å². The van der Waals surface area contributed by atoms with Crippen molar-refractivity contribution in [3.05, 3.63) is 28.7 Å². The van der Waals surface area contributed by atoms with E-state index in [9.17, 15) is 13.2 Å². The fourth-order valence-electron chi connectivity index (χ4n) is 3.73. The summed E-state index contributed by atoms with van der Waals surface area (Å²) in [6.07, 6.45) is 4.59. The minimum atomic E-state index is -3.20. The lowest BCUT2D eigenvalue weighted by Crippen LogP contribution is -2.41. The normalized spacial score (nSPS) is 20.7. The molecule has 156 valence electrons. The molecule has 28 heavy (non-hydrogen) atoms. The number of anilines is 1. The van der Waals surface area contributed by atoms with E-state index in [0.29, 0.717) is 18.0 Å². The molecule has 1 saturated carbocycles. The average molecular weight is 410 g/mol. The van der Waals surface area contributed by atoms with Gasteiger partial charge in [-0.1, -0.05) is 6.92 Å². The van der Waals surface area contributed by atoms with E-state index < -0.39 is 15.3 Å². The fourth-order valence-corrected chi connectivity index (χ4v) is 4.70. The summed E-state index contributed by atoms with van der Waals surface area (Å²) < 4.78 is 33.9. The number of aromatic nitrogens is 1. The molecule has 0 saturated heterocycles. The Bertz CT molecular complexity index is 953. The van der Waals surface area contributed by atoms with E-state index in [1.165, 1.54) is 0 Å². The number of rotatable bonds is 8. The maximum absolute atomic E-state index is 12.0. The van der Waals surface area contributed by atoms with Crippen LogP contribution in [-0.4, -0.2) is 30.8 Å². The van der Waals surface area contributed by atoms with Crippen LogP contribution in [0, 0.1) is 5.92 Å². The molecule has 7 nitrogen and oxygen atoms in total. The first-order chi connectivity index (χ1) is 13.3. The summed E-state index contributed by atoms with van der Waals surface area (Å²) in [6, 6.07) is 5.83. The number of sulfonamides is 1. The van der Waals surface area contributed by atoms with Crippen molar-refractivity contribution < 1.29 is 12.8 Å². The number of aryl methyl sites for hydroxylation is 1. The summed E-state index contributed by atoms with van der Waals surface area (Å²) in [6.45, 7) is 6.92. The van der Waals surface area contributed by atoms with E-state index in [-0.39, 0.29) is 11.8 Å². The SMILES string of the molecule is CCCn1c(=O)oc2cc(NC[C@H]3CC[C@H](NS(=O)(=O)C(C)C)CC3)ccc21. The van der Waals surface area contributed by atoms with Gasteiger partial charge in [0.15, 0.2) is 5.58 Å². The Kier molecular flexibility index (Phi) is 6.50. The van der Waals surface area contributed by atoms with E-state index in [4.69, 9.17) is 4.42 Å². The molecule has 1 aromatic heterocycles. The zero-order valence-electron chi connectivity index (χ0n) is 16.9. The van der Waals surface area contributed by atoms with Gasteiger partial charge in [0.05, 0.1) is 10.8 Å². The van der Waals surface area contributed by atoms with E-state index in [1.807, 2.05) is 25.1 Å². The van der Waals surface area contributed by atoms with Crippen LogP contribution in [0.2, 0.25) is 0 Å². The quantitative estimate of drug-likeness (QED) is 0.698. The molecular weight excluding hydrogens is 378 g/mol. The highest BCUT2D eigenvalue weighted by Gasteiger charge is 2.26. The molecule has 8 heteroatoms. The van der Waals surface area contributed by atoms with Gasteiger partial charge in [-0.05, 0) is 64.0 Å². The molecular formula is C20H31N3O4S. The monoisotopic (exact) mass is 409 g/mol. The Hall–Kier alpha value is -1.80. The standard InChI is InChI=1S/C20H31N3O4S/c1-4-11-23-18-10-9-17(12-19(18)27-20(23)24)21-13-15-5-7-16(8-6-15)22-28(25,26)14(2)3/h9-10,12,14-16,21-22H,4-8,11,13H2,1-3H3/t15-,16-. The Labute approximate surface area is 166 Å². The van der Waals surface area contributed by atoms with E-state index in [0.717, 1.165) is 49.9 Å². The van der Waals surface area contributed by atoms with Gasteiger partial charge in [0.25, 0.3) is 0 Å². The first-order valence-electron chi connectivity index (χ1n) is 10.2. The number of hydrogen-bond donors (Lipinski definition) is 2. The third kappa shape index (κ3) is 4.78. The van der Waals surface area contributed by atoms with Gasteiger partial charge in [0, 0.05) is 30.9 Å². The van der Waals surface area contributed by atoms with Gasteiger partial charge in [0.1, 0.15) is 0 Å². The van der Waals surface area contributed by atoms with Gasteiger partial charge in [-0.2, -0.15) is 0 Å². The second-order valence-electron chi connectivity index (χ2n) is 8.01. The van der Waals surface area contributed by atoms with Crippen molar-refractivity contribution >= 4 is 26.8 Å². The molecule has 0 amide bonds. The molecule has 1 aliphatic rings. The maximum Gasteiger partial charge on any atom is 0.419 e. The molecule has 2 aromatic rings. The van der Waals surface area contributed by atoms with Crippen molar-refractivity contribution in [2.24, 2.45) is 5.92 Å². The minimum Gasteiger partial charge on any atom is -0.408 e. The summed E-state index contributed by atoms with van der Waals surface area (Å²) in [4.78, 5) is 11.9. The minimum absolute atomic E-state index is 0.0487. The van der Waals surface area contributed by atoms with E-state index in [1.54, 1.807) is 18.4 Å². The van der Waals surface area contributed by atoms with Crippen molar-refractivity contribution in [2.45, 2.75) is 70.7 Å². The van der Waals surface area contributed by atoms with Crippen molar-refractivity contribution in [1.29, 1.82) is 0 Å². The highest BCUT2D eigenvalue weighted by molar-refractivity contribution is 7.90. The summed E-state index contributed by atoms with van der Waals surface area (Å²) in [5.74, 6) is 0.198. The second kappa shape index (κ2) is 8.69. The highest BCUT2D eigenvalue weighted by Crippen LogP contribution is 2.26. The maximum atomic E-state index is 12.0. The molecule has 0 spiro atoms. The molecule has 0 radical (unpaired) electrons. The largest absolute Gasteiger partial charge is 0.419 e. The molecule has 0 aliphatic heterocycles. The molecule has 0 unspecified atom stereocenters. The first kappa shape index (κ1) is 20.9. The zero-order chi connectivity index (χ0) is 20.3. The lowest BCUT2D eigenvalue weighted by Gasteiger charge is -2.29. The summed E-state index contributed by atoms with van der Waals surface area (Å²) in [5.41, 5.74) is 2.37. The number of fused-ring (bicyclic) bond motifs is 1. The van der Waals surface area contributed by atoms with E-state index in [2.05, 4.69) is 10.0 Å². The van der Waals surface area contributed by atoms with Crippen LogP contribution in [-0.2, 0) is 16.6 Å². The number of oxazole rings is 1. The van der Waals surface area contributed by atoms with Crippen molar-refractivity contribution in [2.75, 3.05) is 11.9 Å². The van der Waals surface area contributed by atoms with Gasteiger partial charge in [-0.25, -0.2) is 17.9 Å². The number of hydrogen-bond acceptors (Lipinski definition) is 5. The second-order valence-corrected chi connectivity index (χ2v) is 10.3. The third-order valence-corrected chi connectivity index (χ3v) is 7.41. The molecule has 3 rings (SSSR count). The topological polar surface area (TPSA) is 93.3 Å². The smallest absolute Gasteiger partial charge is 0.408 e. The van der Waals surface area contributed by atoms with Crippen molar-refractivity contribution in [3.8, 4) is 0 Å². The highest BCUT2D eigenvalue weighted by atomic mass is 32.2. The van der Waals surface area contributed by atoms with Crippen molar-refractivity contribution in [1.82, 2.24) is 9.29 Å². The van der Waals surface area contributed by atoms with E-state index >= 15 is 0 Å². The molecule has 0 bridgehead atoms. The molecule has 0 atom stereocenters. The fraction of sp³-hybridized carbons (Fsp3) is 0.650. The Morgan fingerprint density at radius 2 is 1.93 bits per heavy atom. The number of nitrogens with one attached hydrogen (secondary N) is 2. The summed E-state index contributed by atoms with van der Waals surface area (Å²) in [5, 5.41) is 3.04. The van der Waals surface area contributed by atoms with Gasteiger partial charge >= 0.3 is 5.76 Å². The number of benzene rings is 1. The first-order valence-corrected chi connectivity index (χ1v) is 11.7. The predicted molar refractivity (Wildman–Crippen MR) is 112 cm³/mol. The molecule has 2 N–H and O–H groups in total. The average Bonchev–Trinajstić information content (AvgIpc) is 2.96. The van der Waals surface area contributed by atoms with Gasteiger partial charge in [0.2, 0.25) is 10.0 Å². The Morgan fingerprint density at radius 3 is 2.57 bits per heavy atom. The lowest BCUT2D eigenvalue weighted by atomic mass is 9.86. The number of nitrogens with zero attached hydrogens (tertiary/aromatic N) is 1. The lowest BCUT2D eigenvalue weighted by molar-refractivity contribution is 0.323. The zero-order valence-corrected chi connectivity index (χ0v) is 17.7. The van der Waals surface area contributed by atoms with Crippen LogP contribution in [0.15, 0.2) is 27.4 Å². The van der Waals surface area contributed by atoms with Crippen LogP contribution in [0.1, 0.15) is 52.9 Å². The van der Waals surface area contributed by atoms with Crippen LogP contribution in [0.5, 0.6) is 0 Å². The summed E-state index contributed by atoms with van der Waals surface area (Å²) in [7, 11) is -3.20. The Morgan fingerprint density at radius 1 is 1.21 bits per heavy atom.